The molecule has 2 fully saturated rings. The van der Waals surface area contributed by atoms with E-state index < -0.39 is 6.10 Å². The SMILES string of the molecule is Cc1nc(C(=O)N2C[C@@H](C)[OH+]C3(CCN(Cc4cc(F)cc(CCNC[C@H](O)c5ccc(O)c6[nH]c(=O)ccc56)c4)CC3)C2)cs1. The molecule has 2 atom stereocenters. The predicted octanol–water partition coefficient (Wildman–Crippen LogP) is 3.41. The molecule has 46 heavy (non-hydrogen) atoms. The van der Waals surface area contributed by atoms with Crippen molar-refractivity contribution in [3.63, 3.8) is 0 Å². The Bertz CT molecular complexity index is 1770. The van der Waals surface area contributed by atoms with E-state index >= 15 is 0 Å². The van der Waals surface area contributed by atoms with Crippen LogP contribution in [0, 0.1) is 12.7 Å². The Morgan fingerprint density at radius 3 is 2.76 bits per heavy atom. The number of aromatic amines is 1. The number of aliphatic hydroxyl groups excluding tert-OH is 1. The van der Waals surface area contributed by atoms with Gasteiger partial charge in [0, 0.05) is 62.8 Å². The lowest BCUT2D eigenvalue weighted by atomic mass is 9.88. The molecule has 5 N–H and O–H groups in total. The van der Waals surface area contributed by atoms with Crippen LogP contribution < -0.4 is 10.9 Å². The summed E-state index contributed by atoms with van der Waals surface area (Å²) in [5.41, 5.74) is 2.60. The first-order valence-corrected chi connectivity index (χ1v) is 16.6. The highest BCUT2D eigenvalue weighted by atomic mass is 32.1. The van der Waals surface area contributed by atoms with Crippen LogP contribution in [0.15, 0.2) is 52.6 Å². The van der Waals surface area contributed by atoms with Gasteiger partial charge in [-0.05, 0) is 60.8 Å². The lowest BCUT2D eigenvalue weighted by Gasteiger charge is -2.46. The molecule has 2 saturated heterocycles. The molecule has 0 radical (unpaired) electrons. The standard InChI is InChI=1S/C34H40FN5O5S/c1-21-17-40(33(44)28-19-46-22(2)37-28)20-34(45-21)8-11-39(12-9-34)18-24-13-23(14-25(35)15-24)7-10-36-16-30(42)26-3-5-29(41)32-27(26)4-6-31(43)38-32/h3-6,13-15,19,21,30,36,41-42H,7-12,16-18,20H2,1-2H3,(H,38,43)/p+1/t21-,30+/m1/s1. The summed E-state index contributed by atoms with van der Waals surface area (Å²) in [7, 11) is 0. The number of aromatic nitrogens is 2. The molecule has 1 amide bonds. The van der Waals surface area contributed by atoms with Gasteiger partial charge in [-0.15, -0.1) is 11.3 Å². The van der Waals surface area contributed by atoms with Crippen LogP contribution >= 0.6 is 11.3 Å². The number of phenolic OH excluding ortho intramolecular Hbond substituents is 1. The number of benzene rings is 2. The fraction of sp³-hybridized carbons (Fsp3) is 0.441. The average molecular weight is 651 g/mol. The number of piperidine rings is 1. The molecule has 4 heterocycles. The number of phenols is 1. The van der Waals surface area contributed by atoms with Gasteiger partial charge >= 0.3 is 0 Å². The van der Waals surface area contributed by atoms with Gasteiger partial charge < -0.3 is 30.2 Å². The maximum absolute atomic E-state index is 14.7. The van der Waals surface area contributed by atoms with Crippen LogP contribution in [-0.4, -0.2) is 91.6 Å². The number of hydrogen-bond acceptors (Lipinski definition) is 8. The van der Waals surface area contributed by atoms with Crippen molar-refractivity contribution in [1.82, 2.24) is 25.1 Å². The molecule has 2 aromatic carbocycles. The number of morpholine rings is 1. The molecular formula is C34H41FN5O5S+. The van der Waals surface area contributed by atoms with Crippen molar-refractivity contribution in [1.29, 1.82) is 0 Å². The maximum atomic E-state index is 14.7. The van der Waals surface area contributed by atoms with Crippen LogP contribution in [0.5, 0.6) is 5.75 Å². The molecular weight excluding hydrogens is 609 g/mol. The average Bonchev–Trinajstić information content (AvgIpc) is 3.46. The summed E-state index contributed by atoms with van der Waals surface area (Å²) in [5, 5.41) is 27.5. The third kappa shape index (κ3) is 7.31. The topological polar surface area (TPSA) is 135 Å². The van der Waals surface area contributed by atoms with E-state index in [1.807, 2.05) is 23.3 Å². The van der Waals surface area contributed by atoms with Crippen molar-refractivity contribution in [2.24, 2.45) is 0 Å². The highest BCUT2D eigenvalue weighted by Crippen LogP contribution is 2.32. The lowest BCUT2D eigenvalue weighted by Crippen LogP contribution is -2.62. The number of ether oxygens (including phenoxy) is 1. The number of fused-ring (bicyclic) bond motifs is 1. The molecule has 2 aliphatic heterocycles. The maximum Gasteiger partial charge on any atom is 0.273 e. The van der Waals surface area contributed by atoms with Crippen molar-refractivity contribution in [3.8, 4) is 5.75 Å². The molecule has 244 valence electrons. The predicted molar refractivity (Wildman–Crippen MR) is 176 cm³/mol. The number of carbonyl (C=O) groups is 1. The number of amides is 1. The minimum Gasteiger partial charge on any atom is -0.506 e. The first kappa shape index (κ1) is 32.3. The summed E-state index contributed by atoms with van der Waals surface area (Å²) in [5.74, 6) is -0.342. The van der Waals surface area contributed by atoms with Crippen LogP contribution in [0.4, 0.5) is 4.39 Å². The molecule has 0 bridgehead atoms. The summed E-state index contributed by atoms with van der Waals surface area (Å²) >= 11 is 1.49. The molecule has 1 spiro atoms. The van der Waals surface area contributed by atoms with Gasteiger partial charge in [0.05, 0.1) is 29.7 Å². The molecule has 2 aromatic heterocycles. The molecule has 2 aliphatic rings. The lowest BCUT2D eigenvalue weighted by molar-refractivity contribution is -0.270. The zero-order chi connectivity index (χ0) is 32.4. The van der Waals surface area contributed by atoms with E-state index in [-0.39, 0.29) is 41.3 Å². The van der Waals surface area contributed by atoms with Gasteiger partial charge in [-0.1, -0.05) is 12.1 Å². The minimum atomic E-state index is -0.861. The van der Waals surface area contributed by atoms with Crippen LogP contribution in [0.1, 0.15) is 58.1 Å². The smallest absolute Gasteiger partial charge is 0.273 e. The van der Waals surface area contributed by atoms with Crippen LogP contribution in [-0.2, 0) is 13.0 Å². The Labute approximate surface area is 270 Å². The van der Waals surface area contributed by atoms with Crippen molar-refractivity contribution in [2.75, 3.05) is 39.3 Å². The Kier molecular flexibility index (Phi) is 9.53. The van der Waals surface area contributed by atoms with Gasteiger partial charge in [0.2, 0.25) is 5.56 Å². The van der Waals surface area contributed by atoms with E-state index in [0.29, 0.717) is 54.8 Å². The number of thiazole rings is 1. The summed E-state index contributed by atoms with van der Waals surface area (Å²) < 4.78 is 19.8. The van der Waals surface area contributed by atoms with Gasteiger partial charge in [0.1, 0.15) is 17.3 Å². The number of aryl methyl sites for hydroxylation is 1. The van der Waals surface area contributed by atoms with Crippen LogP contribution in [0.3, 0.4) is 0 Å². The number of pyridine rings is 1. The number of rotatable bonds is 9. The number of nitrogens with zero attached hydrogens (tertiary/aromatic N) is 3. The second-order valence-corrected chi connectivity index (χ2v) is 13.7. The van der Waals surface area contributed by atoms with Crippen molar-refractivity contribution >= 4 is 28.1 Å². The highest BCUT2D eigenvalue weighted by molar-refractivity contribution is 7.09. The molecule has 0 aliphatic carbocycles. The molecule has 12 heteroatoms. The first-order chi connectivity index (χ1) is 22.1. The number of carbonyl (C=O) groups excluding carboxylic acids is 1. The Hall–Kier alpha value is -3.68. The van der Waals surface area contributed by atoms with Crippen LogP contribution in [0.2, 0.25) is 0 Å². The van der Waals surface area contributed by atoms with Gasteiger partial charge in [0.25, 0.3) is 5.91 Å². The molecule has 0 saturated carbocycles. The Morgan fingerprint density at radius 1 is 1.22 bits per heavy atom. The normalized spacial score (nSPS) is 19.1. The van der Waals surface area contributed by atoms with E-state index in [1.165, 1.54) is 23.5 Å². The first-order valence-electron chi connectivity index (χ1n) is 15.8. The van der Waals surface area contributed by atoms with Gasteiger partial charge in [-0.25, -0.2) is 9.37 Å². The summed E-state index contributed by atoms with van der Waals surface area (Å²) in [6.45, 7) is 8.26. The quantitative estimate of drug-likeness (QED) is 0.161. The third-order valence-corrected chi connectivity index (χ3v) is 9.77. The monoisotopic (exact) mass is 650 g/mol. The Morgan fingerprint density at radius 2 is 2.00 bits per heavy atom. The van der Waals surface area contributed by atoms with Crippen LogP contribution in [0.25, 0.3) is 10.9 Å². The number of H-pyrrole nitrogens is 1. The molecule has 0 unspecified atom stereocenters. The third-order valence-electron chi connectivity index (χ3n) is 8.99. The fourth-order valence-corrected chi connectivity index (χ4v) is 7.41. The number of hydrogen-bond donors (Lipinski definition) is 4. The van der Waals surface area contributed by atoms with E-state index in [1.54, 1.807) is 24.3 Å². The zero-order valence-electron chi connectivity index (χ0n) is 26.1. The number of nitrogens with one attached hydrogen (secondary N) is 2. The van der Waals surface area contributed by atoms with E-state index in [0.717, 1.165) is 42.1 Å². The summed E-state index contributed by atoms with van der Waals surface area (Å²) in [6, 6.07) is 11.2. The number of likely N-dealkylation sites (tertiary alicyclic amines) is 1. The van der Waals surface area contributed by atoms with Crippen molar-refractivity contribution < 1.29 is 24.1 Å². The second-order valence-electron chi connectivity index (χ2n) is 12.6. The molecule has 10 nitrogen and oxygen atoms in total. The zero-order valence-corrected chi connectivity index (χ0v) is 26.9. The number of halogens is 1. The van der Waals surface area contributed by atoms with E-state index in [2.05, 4.69) is 27.1 Å². The van der Waals surface area contributed by atoms with Crippen molar-refractivity contribution in [2.45, 2.75) is 57.5 Å². The van der Waals surface area contributed by atoms with E-state index in [9.17, 15) is 24.2 Å². The molecule has 6 rings (SSSR count). The number of aromatic hydroxyl groups is 1. The Balaban J connectivity index is 1.01. The summed E-state index contributed by atoms with van der Waals surface area (Å²) in [6.07, 6.45) is 1.48. The van der Waals surface area contributed by atoms with Crippen molar-refractivity contribution in [3.05, 3.63) is 91.4 Å². The highest BCUT2D eigenvalue weighted by Gasteiger charge is 2.48. The minimum absolute atomic E-state index is 0.0180. The molecule has 4 aromatic rings. The summed E-state index contributed by atoms with van der Waals surface area (Å²) in [4.78, 5) is 36.1. The number of aliphatic hydroxyl groups is 3. The fourth-order valence-electron chi connectivity index (χ4n) is 6.82. The van der Waals surface area contributed by atoms with Gasteiger partial charge in [-0.2, -0.15) is 0 Å². The van der Waals surface area contributed by atoms with Gasteiger partial charge in [-0.3, -0.25) is 14.5 Å². The van der Waals surface area contributed by atoms with E-state index in [4.69, 9.17) is 4.74 Å². The largest absolute Gasteiger partial charge is 0.506 e. The van der Waals surface area contributed by atoms with Gasteiger partial charge in [0.15, 0.2) is 11.7 Å². The second kappa shape index (κ2) is 13.6.